The molecule has 3 heterocycles. The normalized spacial score (nSPS) is 15.8. The van der Waals surface area contributed by atoms with Crippen molar-refractivity contribution in [3.05, 3.63) is 52.9 Å². The zero-order chi connectivity index (χ0) is 18.5. The molecule has 3 aromatic rings. The molecule has 0 bridgehead atoms. The van der Waals surface area contributed by atoms with Crippen LogP contribution in [0.5, 0.6) is 0 Å². The van der Waals surface area contributed by atoms with Crippen LogP contribution < -0.4 is 0 Å². The first-order valence-corrected chi connectivity index (χ1v) is 11.1. The zero-order valence-electron chi connectivity index (χ0n) is 15.1. The van der Waals surface area contributed by atoms with E-state index < -0.39 is 0 Å². The molecule has 140 valence electrons. The first kappa shape index (κ1) is 18.4. The summed E-state index contributed by atoms with van der Waals surface area (Å²) in [5, 5.41) is 5.13. The van der Waals surface area contributed by atoms with E-state index in [0.717, 1.165) is 55.2 Å². The third-order valence-corrected chi connectivity index (χ3v) is 6.31. The molecule has 1 amide bonds. The van der Waals surface area contributed by atoms with Crippen LogP contribution in [-0.4, -0.2) is 57.6 Å². The number of hydrogen-bond acceptors (Lipinski definition) is 6. The zero-order valence-corrected chi connectivity index (χ0v) is 16.7. The van der Waals surface area contributed by atoms with E-state index in [1.54, 1.807) is 17.5 Å². The molecule has 1 aliphatic rings. The number of benzene rings is 1. The Morgan fingerprint density at radius 1 is 1.11 bits per heavy atom. The molecule has 0 N–H and O–H groups in total. The Kier molecular flexibility index (Phi) is 6.01. The van der Waals surface area contributed by atoms with Gasteiger partial charge in [-0.1, -0.05) is 23.9 Å². The Labute approximate surface area is 167 Å². The van der Waals surface area contributed by atoms with Gasteiger partial charge in [-0.25, -0.2) is 4.98 Å². The Morgan fingerprint density at radius 3 is 2.85 bits per heavy atom. The summed E-state index contributed by atoms with van der Waals surface area (Å²) < 4.78 is 0. The van der Waals surface area contributed by atoms with Crippen LogP contribution in [0.25, 0.3) is 11.0 Å². The van der Waals surface area contributed by atoms with E-state index >= 15 is 0 Å². The van der Waals surface area contributed by atoms with Crippen molar-refractivity contribution in [1.29, 1.82) is 0 Å². The maximum Gasteiger partial charge on any atom is 0.233 e. The highest BCUT2D eigenvalue weighted by atomic mass is 32.2. The second-order valence-electron chi connectivity index (χ2n) is 6.63. The van der Waals surface area contributed by atoms with Crippen molar-refractivity contribution in [2.45, 2.75) is 18.0 Å². The van der Waals surface area contributed by atoms with Crippen LogP contribution in [0, 0.1) is 0 Å². The standard InChI is InChI=1S/C20H22N4OS2/c25-20(15-27-19-12-21-17-4-1-2-5-18(17)22-19)24-8-3-7-23(9-10-24)13-16-6-11-26-14-16/h1-2,4-6,11-12,14H,3,7-10,13,15H2. The number of thiophene rings is 1. The highest BCUT2D eigenvalue weighted by Gasteiger charge is 2.19. The fraction of sp³-hybridized carbons (Fsp3) is 0.350. The maximum atomic E-state index is 12.7. The molecular weight excluding hydrogens is 376 g/mol. The number of rotatable bonds is 5. The van der Waals surface area contributed by atoms with Gasteiger partial charge in [-0.2, -0.15) is 11.3 Å². The fourth-order valence-corrected chi connectivity index (χ4v) is 4.66. The number of carbonyl (C=O) groups excluding carboxylic acids is 1. The molecule has 1 fully saturated rings. The molecule has 0 radical (unpaired) electrons. The lowest BCUT2D eigenvalue weighted by molar-refractivity contribution is -0.128. The van der Waals surface area contributed by atoms with Gasteiger partial charge in [-0.3, -0.25) is 14.7 Å². The first-order valence-electron chi connectivity index (χ1n) is 9.14. The third kappa shape index (κ3) is 4.86. The van der Waals surface area contributed by atoms with E-state index in [1.165, 1.54) is 17.3 Å². The number of amides is 1. The van der Waals surface area contributed by atoms with E-state index in [9.17, 15) is 4.79 Å². The molecular formula is C20H22N4OS2. The van der Waals surface area contributed by atoms with Gasteiger partial charge in [0.1, 0.15) is 5.03 Å². The van der Waals surface area contributed by atoms with E-state index in [0.29, 0.717) is 5.75 Å². The lowest BCUT2D eigenvalue weighted by Gasteiger charge is -2.21. The van der Waals surface area contributed by atoms with Crippen LogP contribution in [-0.2, 0) is 11.3 Å². The summed E-state index contributed by atoms with van der Waals surface area (Å²) in [6, 6.07) is 9.98. The molecule has 1 aromatic carbocycles. The van der Waals surface area contributed by atoms with Crippen LogP contribution in [0.2, 0.25) is 0 Å². The minimum atomic E-state index is 0.187. The molecule has 1 aliphatic heterocycles. The topological polar surface area (TPSA) is 49.3 Å². The molecule has 27 heavy (non-hydrogen) atoms. The fourth-order valence-electron chi connectivity index (χ4n) is 3.26. The number of thioether (sulfide) groups is 1. The number of aromatic nitrogens is 2. The Bertz CT molecular complexity index is 900. The van der Waals surface area contributed by atoms with Gasteiger partial charge >= 0.3 is 0 Å². The van der Waals surface area contributed by atoms with Crippen molar-refractivity contribution in [1.82, 2.24) is 19.8 Å². The van der Waals surface area contributed by atoms with E-state index in [-0.39, 0.29) is 5.91 Å². The first-order chi connectivity index (χ1) is 13.3. The molecule has 1 saturated heterocycles. The molecule has 0 aliphatic carbocycles. The Balaban J connectivity index is 1.30. The number of para-hydroxylation sites is 2. The van der Waals surface area contributed by atoms with Crippen molar-refractivity contribution < 1.29 is 4.79 Å². The molecule has 0 saturated carbocycles. The van der Waals surface area contributed by atoms with E-state index in [4.69, 9.17) is 0 Å². The Morgan fingerprint density at radius 2 is 2.00 bits per heavy atom. The third-order valence-electron chi connectivity index (χ3n) is 4.70. The summed E-state index contributed by atoms with van der Waals surface area (Å²) in [5.74, 6) is 0.602. The molecule has 5 nitrogen and oxygen atoms in total. The molecule has 4 rings (SSSR count). The number of nitrogens with zero attached hydrogens (tertiary/aromatic N) is 4. The summed E-state index contributed by atoms with van der Waals surface area (Å²) >= 11 is 3.21. The van der Waals surface area contributed by atoms with E-state index in [1.807, 2.05) is 29.2 Å². The van der Waals surface area contributed by atoms with Gasteiger partial charge in [0.15, 0.2) is 0 Å². The van der Waals surface area contributed by atoms with Gasteiger partial charge < -0.3 is 4.90 Å². The van der Waals surface area contributed by atoms with Gasteiger partial charge in [-0.15, -0.1) is 0 Å². The van der Waals surface area contributed by atoms with Crippen LogP contribution in [0.15, 0.2) is 52.3 Å². The van der Waals surface area contributed by atoms with Gasteiger partial charge in [0.25, 0.3) is 0 Å². The highest BCUT2D eigenvalue weighted by molar-refractivity contribution is 7.99. The second-order valence-corrected chi connectivity index (χ2v) is 8.40. The minimum absolute atomic E-state index is 0.187. The lowest BCUT2D eigenvalue weighted by atomic mass is 10.3. The number of fused-ring (bicyclic) bond motifs is 1. The van der Waals surface area contributed by atoms with E-state index in [2.05, 4.69) is 31.7 Å². The van der Waals surface area contributed by atoms with Crippen molar-refractivity contribution in [2.75, 3.05) is 31.9 Å². The summed E-state index contributed by atoms with van der Waals surface area (Å²) in [7, 11) is 0. The summed E-state index contributed by atoms with van der Waals surface area (Å²) in [6.45, 7) is 4.59. The average molecular weight is 399 g/mol. The summed E-state index contributed by atoms with van der Waals surface area (Å²) in [4.78, 5) is 26.1. The minimum Gasteiger partial charge on any atom is -0.341 e. The SMILES string of the molecule is O=C(CSc1cnc2ccccc2n1)N1CCCN(Cc2ccsc2)CC1. The van der Waals surface area contributed by atoms with Gasteiger partial charge in [0, 0.05) is 32.7 Å². The molecule has 0 unspecified atom stereocenters. The number of hydrogen-bond donors (Lipinski definition) is 0. The second kappa shape index (κ2) is 8.82. The predicted molar refractivity (Wildman–Crippen MR) is 111 cm³/mol. The van der Waals surface area contributed by atoms with Gasteiger partial charge in [0.05, 0.1) is 23.0 Å². The molecule has 2 aromatic heterocycles. The van der Waals surface area contributed by atoms with Crippen LogP contribution in [0.3, 0.4) is 0 Å². The van der Waals surface area contributed by atoms with Crippen molar-refractivity contribution in [2.24, 2.45) is 0 Å². The highest BCUT2D eigenvalue weighted by Crippen LogP contribution is 2.19. The van der Waals surface area contributed by atoms with Crippen LogP contribution in [0.1, 0.15) is 12.0 Å². The Hall–Kier alpha value is -1.96. The van der Waals surface area contributed by atoms with Gasteiger partial charge in [-0.05, 0) is 40.9 Å². The molecule has 7 heteroatoms. The number of carbonyl (C=O) groups is 1. The van der Waals surface area contributed by atoms with Crippen LogP contribution >= 0.6 is 23.1 Å². The predicted octanol–water partition coefficient (Wildman–Crippen LogP) is 3.52. The summed E-state index contributed by atoms with van der Waals surface area (Å²) in [6.07, 6.45) is 2.78. The quantitative estimate of drug-likeness (QED) is 0.616. The largest absolute Gasteiger partial charge is 0.341 e. The smallest absolute Gasteiger partial charge is 0.233 e. The van der Waals surface area contributed by atoms with Crippen molar-refractivity contribution in [3.8, 4) is 0 Å². The lowest BCUT2D eigenvalue weighted by Crippen LogP contribution is -2.36. The van der Waals surface area contributed by atoms with Crippen molar-refractivity contribution in [3.63, 3.8) is 0 Å². The van der Waals surface area contributed by atoms with Crippen LogP contribution in [0.4, 0.5) is 0 Å². The maximum absolute atomic E-state index is 12.7. The monoisotopic (exact) mass is 398 g/mol. The van der Waals surface area contributed by atoms with Gasteiger partial charge in [0.2, 0.25) is 5.91 Å². The molecule has 0 atom stereocenters. The van der Waals surface area contributed by atoms with Crippen molar-refractivity contribution >= 4 is 40.0 Å². The molecule has 0 spiro atoms. The average Bonchev–Trinajstić information content (AvgIpc) is 3.10. The summed E-state index contributed by atoms with van der Waals surface area (Å²) in [5.41, 5.74) is 3.12.